The van der Waals surface area contributed by atoms with E-state index < -0.39 is 6.04 Å². The van der Waals surface area contributed by atoms with Crippen LogP contribution in [0.2, 0.25) is 0 Å². The number of hydrogen-bond donors (Lipinski definition) is 1. The molecular weight excluding hydrogens is 406 g/mol. The molecule has 138 valence electrons. The third-order valence-electron chi connectivity index (χ3n) is 5.37. The van der Waals surface area contributed by atoms with Crippen molar-refractivity contribution < 1.29 is 9.59 Å². The SMILES string of the molecule is Cc1ccc(N2CC3=C(C2=O)C(c2ccc(Br)cc2)NC(=O)N3C)cc1C. The second-order valence-electron chi connectivity index (χ2n) is 7.01. The van der Waals surface area contributed by atoms with Crippen LogP contribution < -0.4 is 10.2 Å². The maximum Gasteiger partial charge on any atom is 0.322 e. The maximum absolute atomic E-state index is 13.3. The van der Waals surface area contributed by atoms with Crippen molar-refractivity contribution in [3.05, 3.63) is 74.9 Å². The molecule has 0 saturated heterocycles. The predicted octanol–water partition coefficient (Wildman–Crippen LogP) is 4.06. The first kappa shape index (κ1) is 17.8. The van der Waals surface area contributed by atoms with Gasteiger partial charge >= 0.3 is 6.03 Å². The van der Waals surface area contributed by atoms with Crippen molar-refractivity contribution in [2.45, 2.75) is 19.9 Å². The van der Waals surface area contributed by atoms with Gasteiger partial charge in [0.1, 0.15) is 0 Å². The Hall–Kier alpha value is -2.60. The minimum atomic E-state index is -0.444. The molecule has 1 N–H and O–H groups in total. The molecule has 0 radical (unpaired) electrons. The predicted molar refractivity (Wildman–Crippen MR) is 108 cm³/mol. The zero-order chi connectivity index (χ0) is 19.3. The Bertz CT molecular complexity index is 981. The molecule has 0 aromatic heterocycles. The van der Waals surface area contributed by atoms with Crippen LogP contribution in [0.15, 0.2) is 58.2 Å². The van der Waals surface area contributed by atoms with E-state index in [4.69, 9.17) is 0 Å². The summed E-state index contributed by atoms with van der Waals surface area (Å²) in [6.07, 6.45) is 0. The van der Waals surface area contributed by atoms with Crippen LogP contribution in [0.5, 0.6) is 0 Å². The number of amides is 3. The van der Waals surface area contributed by atoms with Crippen LogP contribution in [-0.4, -0.2) is 30.4 Å². The van der Waals surface area contributed by atoms with Crippen molar-refractivity contribution in [1.29, 1.82) is 0 Å². The van der Waals surface area contributed by atoms with E-state index in [-0.39, 0.29) is 11.9 Å². The van der Waals surface area contributed by atoms with E-state index in [1.165, 1.54) is 5.56 Å². The summed E-state index contributed by atoms with van der Waals surface area (Å²) >= 11 is 3.43. The van der Waals surface area contributed by atoms with Gasteiger partial charge in [0.25, 0.3) is 5.91 Å². The molecule has 0 aliphatic carbocycles. The number of halogens is 1. The van der Waals surface area contributed by atoms with Gasteiger partial charge in [-0.1, -0.05) is 34.1 Å². The second-order valence-corrected chi connectivity index (χ2v) is 7.93. The van der Waals surface area contributed by atoms with Gasteiger partial charge in [0.2, 0.25) is 0 Å². The number of nitrogens with one attached hydrogen (secondary N) is 1. The van der Waals surface area contributed by atoms with Crippen molar-refractivity contribution in [3.8, 4) is 0 Å². The summed E-state index contributed by atoms with van der Waals surface area (Å²) < 4.78 is 0.953. The average molecular weight is 426 g/mol. The number of carbonyl (C=O) groups excluding carboxylic acids is 2. The lowest BCUT2D eigenvalue weighted by atomic mass is 9.96. The van der Waals surface area contributed by atoms with Gasteiger partial charge in [-0.05, 0) is 54.8 Å². The van der Waals surface area contributed by atoms with E-state index in [9.17, 15) is 9.59 Å². The zero-order valence-corrected chi connectivity index (χ0v) is 17.0. The molecule has 3 amide bonds. The van der Waals surface area contributed by atoms with E-state index in [0.29, 0.717) is 12.1 Å². The van der Waals surface area contributed by atoms with E-state index in [1.807, 2.05) is 56.3 Å². The largest absolute Gasteiger partial charge is 0.327 e. The zero-order valence-electron chi connectivity index (χ0n) is 15.4. The van der Waals surface area contributed by atoms with Crippen LogP contribution in [0.4, 0.5) is 10.5 Å². The molecule has 2 aromatic carbocycles. The fourth-order valence-electron chi connectivity index (χ4n) is 3.57. The van der Waals surface area contributed by atoms with Crippen molar-refractivity contribution in [2.24, 2.45) is 0 Å². The number of nitrogens with zero attached hydrogens (tertiary/aromatic N) is 2. The molecule has 0 bridgehead atoms. The first-order chi connectivity index (χ1) is 12.9. The third-order valence-corrected chi connectivity index (χ3v) is 5.89. The Morgan fingerprint density at radius 3 is 2.41 bits per heavy atom. The summed E-state index contributed by atoms with van der Waals surface area (Å²) in [4.78, 5) is 29.1. The van der Waals surface area contributed by atoms with Gasteiger partial charge in [-0.15, -0.1) is 0 Å². The van der Waals surface area contributed by atoms with Crippen molar-refractivity contribution in [3.63, 3.8) is 0 Å². The highest BCUT2D eigenvalue weighted by Crippen LogP contribution is 2.38. The number of aryl methyl sites for hydroxylation is 2. The molecule has 0 fully saturated rings. The smallest absolute Gasteiger partial charge is 0.322 e. The van der Waals surface area contributed by atoms with Crippen LogP contribution in [0.25, 0.3) is 0 Å². The minimum Gasteiger partial charge on any atom is -0.327 e. The Balaban J connectivity index is 1.76. The second kappa shape index (κ2) is 6.53. The highest BCUT2D eigenvalue weighted by atomic mass is 79.9. The molecule has 2 aliphatic rings. The number of carbonyl (C=O) groups is 2. The van der Waals surface area contributed by atoms with Crippen LogP contribution in [-0.2, 0) is 4.79 Å². The van der Waals surface area contributed by atoms with Gasteiger partial charge in [0.05, 0.1) is 23.9 Å². The number of urea groups is 1. The lowest BCUT2D eigenvalue weighted by Gasteiger charge is -2.31. The Labute approximate surface area is 166 Å². The molecule has 0 spiro atoms. The lowest BCUT2D eigenvalue weighted by Crippen LogP contribution is -2.45. The number of hydrogen-bond acceptors (Lipinski definition) is 2. The van der Waals surface area contributed by atoms with Gasteiger partial charge in [-0.3, -0.25) is 9.69 Å². The van der Waals surface area contributed by atoms with Crippen LogP contribution >= 0.6 is 15.9 Å². The van der Waals surface area contributed by atoms with Gasteiger partial charge in [0, 0.05) is 17.2 Å². The molecule has 5 nitrogen and oxygen atoms in total. The van der Waals surface area contributed by atoms with Crippen LogP contribution in [0.1, 0.15) is 22.7 Å². The maximum atomic E-state index is 13.3. The molecule has 0 saturated carbocycles. The average Bonchev–Trinajstić information content (AvgIpc) is 2.99. The first-order valence-corrected chi connectivity index (χ1v) is 9.58. The number of anilines is 1. The van der Waals surface area contributed by atoms with E-state index >= 15 is 0 Å². The number of likely N-dealkylation sites (N-methyl/N-ethyl adjacent to an activating group) is 1. The van der Waals surface area contributed by atoms with Crippen molar-refractivity contribution in [1.82, 2.24) is 10.2 Å². The van der Waals surface area contributed by atoms with Gasteiger partial charge in [-0.2, -0.15) is 0 Å². The molecule has 4 rings (SSSR count). The molecule has 2 aromatic rings. The third kappa shape index (κ3) is 2.94. The van der Waals surface area contributed by atoms with E-state index in [2.05, 4.69) is 21.2 Å². The standard InChI is InChI=1S/C21H20BrN3O2/c1-12-4-9-16(10-13(12)2)25-11-17-18(20(25)26)19(23-21(27)24(17)3)14-5-7-15(22)8-6-14/h4-10,19H,11H2,1-3H3,(H,23,27). The first-order valence-electron chi connectivity index (χ1n) is 8.78. The minimum absolute atomic E-state index is 0.0620. The van der Waals surface area contributed by atoms with E-state index in [0.717, 1.165) is 27.0 Å². The molecule has 1 unspecified atom stereocenters. The fourth-order valence-corrected chi connectivity index (χ4v) is 3.84. The summed E-state index contributed by atoms with van der Waals surface area (Å²) in [5.74, 6) is -0.0620. The van der Waals surface area contributed by atoms with Crippen molar-refractivity contribution in [2.75, 3.05) is 18.5 Å². The molecule has 1 atom stereocenters. The van der Waals surface area contributed by atoms with E-state index in [1.54, 1.807) is 16.8 Å². The molecule has 6 heteroatoms. The molecule has 2 heterocycles. The van der Waals surface area contributed by atoms with Crippen molar-refractivity contribution >= 4 is 33.6 Å². The lowest BCUT2D eigenvalue weighted by molar-refractivity contribution is -0.114. The molecular formula is C21H20BrN3O2. The fraction of sp³-hybridized carbons (Fsp3) is 0.238. The monoisotopic (exact) mass is 425 g/mol. The number of benzene rings is 2. The molecule has 2 aliphatic heterocycles. The Kier molecular flexibility index (Phi) is 4.30. The Morgan fingerprint density at radius 2 is 1.74 bits per heavy atom. The van der Waals surface area contributed by atoms with Gasteiger partial charge in [-0.25, -0.2) is 4.79 Å². The highest BCUT2D eigenvalue weighted by molar-refractivity contribution is 9.10. The topological polar surface area (TPSA) is 52.7 Å². The highest BCUT2D eigenvalue weighted by Gasteiger charge is 2.43. The summed E-state index contributed by atoms with van der Waals surface area (Å²) in [5.41, 5.74) is 5.46. The molecule has 27 heavy (non-hydrogen) atoms. The van der Waals surface area contributed by atoms with Crippen LogP contribution in [0, 0.1) is 13.8 Å². The van der Waals surface area contributed by atoms with Crippen LogP contribution in [0.3, 0.4) is 0 Å². The van der Waals surface area contributed by atoms with Gasteiger partial charge < -0.3 is 10.2 Å². The summed E-state index contributed by atoms with van der Waals surface area (Å²) in [6.45, 7) is 4.48. The summed E-state index contributed by atoms with van der Waals surface area (Å²) in [6, 6.07) is 13.1. The van der Waals surface area contributed by atoms with Gasteiger partial charge in [0.15, 0.2) is 0 Å². The summed E-state index contributed by atoms with van der Waals surface area (Å²) in [5, 5.41) is 2.96. The summed E-state index contributed by atoms with van der Waals surface area (Å²) in [7, 11) is 1.71. The quantitative estimate of drug-likeness (QED) is 0.788. The normalized spacial score (nSPS) is 19.5. The Morgan fingerprint density at radius 1 is 1.04 bits per heavy atom. The number of rotatable bonds is 2.